The second-order valence-electron chi connectivity index (χ2n) is 2.96. The van der Waals surface area contributed by atoms with E-state index in [1.54, 1.807) is 0 Å². The predicted molar refractivity (Wildman–Crippen MR) is 31.8 cm³/mol. The monoisotopic (exact) mass is 125 g/mol. The number of hydrogen-bond donors (Lipinski definition) is 0. The van der Waals surface area contributed by atoms with E-state index in [0.29, 0.717) is 5.82 Å². The maximum Gasteiger partial charge on any atom is 0.316 e. The van der Waals surface area contributed by atoms with Gasteiger partial charge in [0.05, 0.1) is 0 Å². The van der Waals surface area contributed by atoms with Gasteiger partial charge in [-0.25, -0.2) is 0 Å². The highest BCUT2D eigenvalue weighted by atomic mass is 16.5. The Labute approximate surface area is 54.1 Å². The molecule has 0 fully saturated rings. The van der Waals surface area contributed by atoms with E-state index < -0.39 is 0 Å². The van der Waals surface area contributed by atoms with Crippen molar-refractivity contribution in [2.75, 3.05) is 0 Å². The first-order valence-electron chi connectivity index (χ1n) is 2.81. The molecule has 3 heteroatoms. The first-order valence-corrected chi connectivity index (χ1v) is 2.81. The molecule has 0 aliphatic rings. The van der Waals surface area contributed by atoms with Gasteiger partial charge >= 0.3 is 6.39 Å². The molecule has 1 aromatic heterocycles. The van der Waals surface area contributed by atoms with Crippen LogP contribution in [0.4, 0.5) is 0 Å². The zero-order valence-electron chi connectivity index (χ0n) is 5.80. The second-order valence-corrected chi connectivity index (χ2v) is 2.96. The smallest absolute Gasteiger partial charge is 0.316 e. The van der Waals surface area contributed by atoms with Gasteiger partial charge in [0.2, 0.25) is 0 Å². The minimum atomic E-state index is -0.0243. The largest absolute Gasteiger partial charge is 0.329 e. The fraction of sp³-hybridized carbons (Fsp3) is 0.667. The molecule has 0 unspecified atom stereocenters. The van der Waals surface area contributed by atoms with Gasteiger partial charge in [0.25, 0.3) is 0 Å². The molecule has 49 valence electrons. The summed E-state index contributed by atoms with van der Waals surface area (Å²) in [5.74, 6) is 0.697. The number of nitrogens with zero attached hydrogens (tertiary/aromatic N) is 2. The number of aromatic nitrogens is 2. The van der Waals surface area contributed by atoms with Crippen molar-refractivity contribution in [1.29, 1.82) is 0 Å². The molecule has 0 saturated carbocycles. The highest BCUT2D eigenvalue weighted by molar-refractivity contribution is 4.95. The molecule has 1 radical (unpaired) electrons. The van der Waals surface area contributed by atoms with E-state index in [9.17, 15) is 0 Å². The zero-order chi connectivity index (χ0) is 6.91. The van der Waals surface area contributed by atoms with Crippen LogP contribution in [-0.2, 0) is 5.41 Å². The molecule has 0 spiro atoms. The van der Waals surface area contributed by atoms with Crippen molar-refractivity contribution in [3.63, 3.8) is 0 Å². The topological polar surface area (TPSA) is 38.9 Å². The quantitative estimate of drug-likeness (QED) is 0.522. The molecular formula is C6H9N2O. The van der Waals surface area contributed by atoms with Crippen LogP contribution in [0, 0.1) is 6.39 Å². The third-order valence-corrected chi connectivity index (χ3v) is 0.995. The predicted octanol–water partition coefficient (Wildman–Crippen LogP) is 1.17. The highest BCUT2D eigenvalue weighted by Gasteiger charge is 2.18. The Morgan fingerprint density at radius 3 is 2.33 bits per heavy atom. The van der Waals surface area contributed by atoms with Crippen molar-refractivity contribution < 1.29 is 4.52 Å². The summed E-state index contributed by atoms with van der Waals surface area (Å²) >= 11 is 0. The van der Waals surface area contributed by atoms with E-state index in [0.717, 1.165) is 0 Å². The summed E-state index contributed by atoms with van der Waals surface area (Å²) in [4.78, 5) is 3.78. The average Bonchev–Trinajstić information content (AvgIpc) is 2.08. The van der Waals surface area contributed by atoms with Crippen LogP contribution in [0.5, 0.6) is 0 Å². The third kappa shape index (κ3) is 1.28. The van der Waals surface area contributed by atoms with Crippen LogP contribution in [0.25, 0.3) is 0 Å². The lowest BCUT2D eigenvalue weighted by Gasteiger charge is -2.10. The summed E-state index contributed by atoms with van der Waals surface area (Å²) in [6.45, 7) is 6.06. The van der Waals surface area contributed by atoms with Gasteiger partial charge in [0.15, 0.2) is 5.82 Å². The molecule has 0 aliphatic carbocycles. The van der Waals surface area contributed by atoms with Crippen LogP contribution in [0.3, 0.4) is 0 Å². The third-order valence-electron chi connectivity index (χ3n) is 0.995. The summed E-state index contributed by atoms with van der Waals surface area (Å²) in [5, 5.41) is 3.65. The number of hydrogen-bond acceptors (Lipinski definition) is 3. The summed E-state index contributed by atoms with van der Waals surface area (Å²) in [5.41, 5.74) is -0.0243. The van der Waals surface area contributed by atoms with Crippen molar-refractivity contribution in [2.45, 2.75) is 26.2 Å². The minimum absolute atomic E-state index is 0.0243. The van der Waals surface area contributed by atoms with Crippen LogP contribution >= 0.6 is 0 Å². The molecule has 1 aromatic rings. The van der Waals surface area contributed by atoms with Gasteiger partial charge in [-0.3, -0.25) is 0 Å². The van der Waals surface area contributed by atoms with Crippen LogP contribution in [-0.4, -0.2) is 10.1 Å². The maximum absolute atomic E-state index is 4.45. The van der Waals surface area contributed by atoms with Gasteiger partial charge in [0.1, 0.15) is 0 Å². The van der Waals surface area contributed by atoms with Gasteiger partial charge in [0, 0.05) is 5.41 Å². The van der Waals surface area contributed by atoms with Gasteiger partial charge in [-0.2, -0.15) is 4.98 Å². The van der Waals surface area contributed by atoms with E-state index >= 15 is 0 Å². The fourth-order valence-electron chi connectivity index (χ4n) is 0.452. The van der Waals surface area contributed by atoms with Gasteiger partial charge < -0.3 is 4.52 Å². The van der Waals surface area contributed by atoms with Crippen molar-refractivity contribution in [1.82, 2.24) is 10.1 Å². The van der Waals surface area contributed by atoms with Crippen molar-refractivity contribution in [3.8, 4) is 0 Å². The molecule has 1 rings (SSSR count). The second kappa shape index (κ2) is 1.83. The van der Waals surface area contributed by atoms with Gasteiger partial charge in [-0.05, 0) is 0 Å². The lowest BCUT2D eigenvalue weighted by atomic mass is 9.96. The molecule has 0 N–H and O–H groups in total. The first-order chi connectivity index (χ1) is 4.11. The molecule has 0 amide bonds. The standard InChI is InChI=1S/C6H9N2O/c1-6(2,3)5-7-4-9-8-5/h1-3H3. The Morgan fingerprint density at radius 2 is 2.11 bits per heavy atom. The molecule has 0 saturated heterocycles. The Morgan fingerprint density at radius 1 is 1.44 bits per heavy atom. The lowest BCUT2D eigenvalue weighted by Crippen LogP contribution is -2.12. The number of rotatable bonds is 0. The van der Waals surface area contributed by atoms with Crippen LogP contribution in [0.15, 0.2) is 4.52 Å². The van der Waals surface area contributed by atoms with E-state index in [4.69, 9.17) is 0 Å². The molecule has 0 aromatic carbocycles. The Hall–Kier alpha value is -0.860. The highest BCUT2D eigenvalue weighted by Crippen LogP contribution is 2.16. The normalized spacial score (nSPS) is 11.9. The summed E-state index contributed by atoms with van der Waals surface area (Å²) in [7, 11) is 0. The Balaban J connectivity index is 2.90. The molecule has 0 aliphatic heterocycles. The van der Waals surface area contributed by atoms with Crippen molar-refractivity contribution >= 4 is 0 Å². The minimum Gasteiger partial charge on any atom is -0.329 e. The van der Waals surface area contributed by atoms with Crippen LogP contribution < -0.4 is 0 Å². The Bertz CT molecular complexity index is 173. The van der Waals surface area contributed by atoms with Crippen molar-refractivity contribution in [3.05, 3.63) is 12.2 Å². The maximum atomic E-state index is 4.45. The summed E-state index contributed by atoms with van der Waals surface area (Å²) in [6.07, 6.45) is 2.30. The Kier molecular flexibility index (Phi) is 1.27. The fourth-order valence-corrected chi connectivity index (χ4v) is 0.452. The molecule has 0 bridgehead atoms. The summed E-state index contributed by atoms with van der Waals surface area (Å²) in [6, 6.07) is 0. The molecular weight excluding hydrogens is 116 g/mol. The van der Waals surface area contributed by atoms with E-state index in [1.165, 1.54) is 0 Å². The molecule has 0 atom stereocenters. The van der Waals surface area contributed by atoms with Gasteiger partial charge in [-0.1, -0.05) is 25.9 Å². The zero-order valence-corrected chi connectivity index (χ0v) is 5.80. The molecule has 1 heterocycles. The summed E-state index contributed by atoms with van der Waals surface area (Å²) < 4.78 is 4.45. The van der Waals surface area contributed by atoms with E-state index in [-0.39, 0.29) is 5.41 Å². The lowest BCUT2D eigenvalue weighted by molar-refractivity contribution is 0.387. The first kappa shape index (κ1) is 6.26. The SMILES string of the molecule is CC(C)(C)c1n[c]on1. The van der Waals surface area contributed by atoms with E-state index in [1.807, 2.05) is 20.8 Å². The molecule has 9 heavy (non-hydrogen) atoms. The van der Waals surface area contributed by atoms with Crippen LogP contribution in [0.2, 0.25) is 0 Å². The van der Waals surface area contributed by atoms with Crippen molar-refractivity contribution in [2.24, 2.45) is 0 Å². The molecule has 3 nitrogen and oxygen atoms in total. The van der Waals surface area contributed by atoms with E-state index in [2.05, 4.69) is 21.1 Å². The van der Waals surface area contributed by atoms with Crippen LogP contribution in [0.1, 0.15) is 26.6 Å². The average molecular weight is 125 g/mol. The van der Waals surface area contributed by atoms with Gasteiger partial charge in [-0.15, -0.1) is 0 Å².